The van der Waals surface area contributed by atoms with E-state index in [2.05, 4.69) is 12.2 Å². The molecule has 11 heavy (non-hydrogen) atoms. The zero-order valence-corrected chi connectivity index (χ0v) is 8.43. The third-order valence-corrected chi connectivity index (χ3v) is 2.83. The van der Waals surface area contributed by atoms with Crippen LogP contribution in [0.1, 0.15) is 20.3 Å². The first-order valence-electron chi connectivity index (χ1n) is 3.81. The molecule has 1 N–H and O–H groups in total. The van der Waals surface area contributed by atoms with Gasteiger partial charge >= 0.3 is 0 Å². The summed E-state index contributed by atoms with van der Waals surface area (Å²) in [5.74, 6) is 0. The van der Waals surface area contributed by atoms with Crippen LogP contribution >= 0.6 is 24.0 Å². The molecule has 0 aliphatic carbocycles. The molecule has 0 bridgehead atoms. The van der Waals surface area contributed by atoms with E-state index in [0.717, 1.165) is 17.3 Å². The zero-order valence-electron chi connectivity index (χ0n) is 6.79. The highest BCUT2D eigenvalue weighted by Crippen LogP contribution is 2.22. The molecular weight excluding hydrogens is 178 g/mol. The van der Waals surface area contributed by atoms with Crippen molar-refractivity contribution >= 4 is 28.3 Å². The fraction of sp³-hybridized carbons (Fsp3) is 0.857. The maximum absolute atomic E-state index is 5.41. The Morgan fingerprint density at radius 2 is 2.55 bits per heavy atom. The normalized spacial score (nSPS) is 31.6. The first-order valence-corrected chi connectivity index (χ1v) is 5.10. The highest BCUT2D eigenvalue weighted by molar-refractivity contribution is 8.23. The molecule has 1 saturated heterocycles. The van der Waals surface area contributed by atoms with Crippen LogP contribution in [0.2, 0.25) is 0 Å². The number of ether oxygens (including phenoxy) is 1. The van der Waals surface area contributed by atoms with Crippen molar-refractivity contribution in [3.63, 3.8) is 0 Å². The molecule has 0 aromatic carbocycles. The van der Waals surface area contributed by atoms with Crippen molar-refractivity contribution in [3.8, 4) is 0 Å². The molecule has 1 fully saturated rings. The van der Waals surface area contributed by atoms with Crippen molar-refractivity contribution in [1.82, 2.24) is 5.32 Å². The minimum Gasteiger partial charge on any atom is -0.359 e. The predicted molar refractivity (Wildman–Crippen MR) is 52.8 cm³/mol. The van der Waals surface area contributed by atoms with Crippen LogP contribution in [0.5, 0.6) is 0 Å². The molecule has 0 saturated carbocycles. The second-order valence-electron chi connectivity index (χ2n) is 2.54. The Balaban J connectivity index is 2.36. The Morgan fingerprint density at radius 3 is 3.09 bits per heavy atom. The van der Waals surface area contributed by atoms with Crippen molar-refractivity contribution < 1.29 is 4.74 Å². The van der Waals surface area contributed by atoms with E-state index >= 15 is 0 Å². The smallest absolute Gasteiger partial charge is 0.136 e. The van der Waals surface area contributed by atoms with Gasteiger partial charge in [-0.1, -0.05) is 30.9 Å². The molecule has 0 spiro atoms. The van der Waals surface area contributed by atoms with Crippen LogP contribution in [-0.4, -0.2) is 22.4 Å². The lowest BCUT2D eigenvalue weighted by Gasteiger charge is -2.28. The largest absolute Gasteiger partial charge is 0.359 e. The van der Waals surface area contributed by atoms with Gasteiger partial charge in [0, 0.05) is 18.3 Å². The molecule has 1 rings (SSSR count). The quantitative estimate of drug-likeness (QED) is 0.671. The number of thioether (sulfide) groups is 1. The average molecular weight is 191 g/mol. The van der Waals surface area contributed by atoms with E-state index in [1.54, 1.807) is 11.8 Å². The van der Waals surface area contributed by atoms with Gasteiger partial charge in [-0.2, -0.15) is 0 Å². The maximum atomic E-state index is 5.41. The fourth-order valence-corrected chi connectivity index (χ4v) is 2.53. The summed E-state index contributed by atoms with van der Waals surface area (Å²) in [4.78, 5) is 0. The summed E-state index contributed by atoms with van der Waals surface area (Å²) in [5.41, 5.74) is 0. The highest BCUT2D eigenvalue weighted by Gasteiger charge is 2.21. The van der Waals surface area contributed by atoms with Crippen molar-refractivity contribution in [1.29, 1.82) is 0 Å². The van der Waals surface area contributed by atoms with Gasteiger partial charge in [0.15, 0.2) is 0 Å². The summed E-state index contributed by atoms with van der Waals surface area (Å²) in [6.45, 7) is 4.92. The molecule has 64 valence electrons. The van der Waals surface area contributed by atoms with E-state index in [9.17, 15) is 0 Å². The van der Waals surface area contributed by atoms with Crippen LogP contribution in [0.3, 0.4) is 0 Å². The molecular formula is C7H13NOS2. The first kappa shape index (κ1) is 9.29. The van der Waals surface area contributed by atoms with E-state index in [-0.39, 0.29) is 6.23 Å². The van der Waals surface area contributed by atoms with Crippen molar-refractivity contribution in [3.05, 3.63) is 0 Å². The van der Waals surface area contributed by atoms with E-state index in [1.807, 2.05) is 6.92 Å². The van der Waals surface area contributed by atoms with E-state index < -0.39 is 0 Å². The van der Waals surface area contributed by atoms with Crippen LogP contribution in [0, 0.1) is 0 Å². The van der Waals surface area contributed by atoms with Gasteiger partial charge in [-0.15, -0.1) is 0 Å². The summed E-state index contributed by atoms with van der Waals surface area (Å²) in [7, 11) is 0. The van der Waals surface area contributed by atoms with Gasteiger partial charge in [0.1, 0.15) is 10.5 Å². The fourth-order valence-electron chi connectivity index (χ4n) is 1.07. The topological polar surface area (TPSA) is 21.3 Å². The lowest BCUT2D eigenvalue weighted by atomic mass is 10.3. The molecule has 2 nitrogen and oxygen atoms in total. The zero-order chi connectivity index (χ0) is 8.27. The molecule has 0 radical (unpaired) electrons. The van der Waals surface area contributed by atoms with Gasteiger partial charge < -0.3 is 10.1 Å². The molecule has 0 aromatic rings. The predicted octanol–water partition coefficient (Wildman–Crippen LogP) is 1.75. The van der Waals surface area contributed by atoms with Crippen LogP contribution in [0.25, 0.3) is 0 Å². The number of rotatable bonds is 2. The monoisotopic (exact) mass is 191 g/mol. The molecule has 0 amide bonds. The molecule has 0 unspecified atom stereocenters. The third-order valence-electron chi connectivity index (χ3n) is 1.50. The molecule has 1 heterocycles. The highest BCUT2D eigenvalue weighted by atomic mass is 32.2. The molecule has 1 aliphatic heterocycles. The Hall–Kier alpha value is 0.200. The summed E-state index contributed by atoms with van der Waals surface area (Å²) < 4.78 is 6.27. The van der Waals surface area contributed by atoms with Gasteiger partial charge in [0.05, 0.1) is 0 Å². The Kier molecular flexibility index (Phi) is 3.62. The standard InChI is InChI=1S/C7H13NOS2/c1-3-9-6-4-5(2)11-7(10)8-6/h5-6H,3-4H2,1-2H3,(H,8,10)/t5-,6+/m1/s1. The van der Waals surface area contributed by atoms with Crippen LogP contribution in [-0.2, 0) is 4.74 Å². The average Bonchev–Trinajstić information content (AvgIpc) is 1.85. The Morgan fingerprint density at radius 1 is 1.82 bits per heavy atom. The van der Waals surface area contributed by atoms with Crippen LogP contribution in [0.4, 0.5) is 0 Å². The number of hydrogen-bond donors (Lipinski definition) is 1. The first-order chi connectivity index (χ1) is 5.22. The molecule has 4 heteroatoms. The second kappa shape index (κ2) is 4.28. The van der Waals surface area contributed by atoms with E-state index in [4.69, 9.17) is 17.0 Å². The van der Waals surface area contributed by atoms with Gasteiger partial charge in [-0.05, 0) is 6.92 Å². The van der Waals surface area contributed by atoms with Gasteiger partial charge in [-0.3, -0.25) is 0 Å². The molecule has 2 atom stereocenters. The SMILES string of the molecule is CCO[C@H]1C[C@@H](C)SC(=S)N1. The van der Waals surface area contributed by atoms with Crippen molar-refractivity contribution in [2.45, 2.75) is 31.7 Å². The van der Waals surface area contributed by atoms with Crippen molar-refractivity contribution in [2.75, 3.05) is 6.61 Å². The minimum absolute atomic E-state index is 0.142. The Bertz CT molecular complexity index is 151. The Labute approximate surface area is 77.1 Å². The van der Waals surface area contributed by atoms with Gasteiger partial charge in [0.25, 0.3) is 0 Å². The van der Waals surface area contributed by atoms with E-state index in [1.165, 1.54) is 0 Å². The van der Waals surface area contributed by atoms with Crippen molar-refractivity contribution in [2.24, 2.45) is 0 Å². The third kappa shape index (κ3) is 2.97. The number of hydrogen-bond acceptors (Lipinski definition) is 3. The number of nitrogens with one attached hydrogen (secondary N) is 1. The lowest BCUT2D eigenvalue weighted by molar-refractivity contribution is 0.0467. The summed E-state index contributed by atoms with van der Waals surface area (Å²) in [5, 5.41) is 3.70. The summed E-state index contributed by atoms with van der Waals surface area (Å²) in [6, 6.07) is 0. The summed E-state index contributed by atoms with van der Waals surface area (Å²) in [6.07, 6.45) is 1.18. The maximum Gasteiger partial charge on any atom is 0.136 e. The van der Waals surface area contributed by atoms with Gasteiger partial charge in [0.2, 0.25) is 0 Å². The molecule has 1 aliphatic rings. The summed E-state index contributed by atoms with van der Waals surface area (Å²) >= 11 is 6.76. The minimum atomic E-state index is 0.142. The second-order valence-corrected chi connectivity index (χ2v) is 4.66. The van der Waals surface area contributed by atoms with Crippen LogP contribution < -0.4 is 5.32 Å². The number of thiocarbonyl (C=S) groups is 1. The van der Waals surface area contributed by atoms with Crippen LogP contribution in [0.15, 0.2) is 0 Å². The lowest BCUT2D eigenvalue weighted by Crippen LogP contribution is -2.41. The molecule has 0 aromatic heterocycles. The van der Waals surface area contributed by atoms with Gasteiger partial charge in [-0.25, -0.2) is 0 Å². The van der Waals surface area contributed by atoms with E-state index in [0.29, 0.717) is 5.25 Å².